The number of nitrogen functional groups attached to an aromatic ring is 1. The van der Waals surface area contributed by atoms with Crippen molar-refractivity contribution in [2.45, 2.75) is 39.0 Å². The summed E-state index contributed by atoms with van der Waals surface area (Å²) in [6.45, 7) is 6.43. The van der Waals surface area contributed by atoms with Gasteiger partial charge in [0.2, 0.25) is 5.95 Å². The monoisotopic (exact) mass is 339 g/mol. The second-order valence-corrected chi connectivity index (χ2v) is 7.36. The summed E-state index contributed by atoms with van der Waals surface area (Å²) in [5, 5.41) is 2.68. The number of aryl methyl sites for hydroxylation is 2. The predicted molar refractivity (Wildman–Crippen MR) is 103 cm³/mol. The lowest BCUT2D eigenvalue weighted by Crippen LogP contribution is -2.15. The molecule has 0 spiro atoms. The molecule has 0 fully saturated rings. The smallest absolute Gasteiger partial charge is 0.220 e. The largest absolute Gasteiger partial charge is 0.368 e. The molecule has 0 atom stereocenters. The Morgan fingerprint density at radius 1 is 0.958 bits per heavy atom. The summed E-state index contributed by atoms with van der Waals surface area (Å²) in [4.78, 5) is 8.94. The molecule has 1 aliphatic rings. The van der Waals surface area contributed by atoms with Crippen molar-refractivity contribution in [1.82, 2.24) is 9.97 Å². The topological polar surface area (TPSA) is 51.8 Å². The van der Waals surface area contributed by atoms with Gasteiger partial charge in [-0.2, -0.15) is 0 Å². The highest BCUT2D eigenvalue weighted by molar-refractivity contribution is 6.00. The number of anilines is 1. The quantitative estimate of drug-likeness (QED) is 0.699. The molecule has 0 aliphatic heterocycles. The second kappa shape index (κ2) is 5.75. The fourth-order valence-electron chi connectivity index (χ4n) is 3.46. The molecule has 0 amide bonds. The molecule has 1 aliphatic carbocycles. The van der Waals surface area contributed by atoms with Gasteiger partial charge in [-0.3, -0.25) is 0 Å². The number of benzene rings is 2. The molecule has 0 unspecified atom stereocenters. The average Bonchev–Trinajstić information content (AvgIpc) is 2.91. The summed E-state index contributed by atoms with van der Waals surface area (Å²) in [5.41, 5.74) is 11.9. The third-order valence-electron chi connectivity index (χ3n) is 4.66. The lowest BCUT2D eigenvalue weighted by Gasteiger charge is -2.19. The van der Waals surface area contributed by atoms with Gasteiger partial charge in [0.15, 0.2) is 0 Å². The number of rotatable bonds is 1. The molecule has 0 saturated carbocycles. The molecule has 24 heavy (non-hydrogen) atoms. The highest BCUT2D eigenvalue weighted by Gasteiger charge is 2.20. The number of hydrogen-bond acceptors (Lipinski definition) is 3. The van der Waals surface area contributed by atoms with Crippen LogP contribution in [-0.4, -0.2) is 9.97 Å². The second-order valence-electron chi connectivity index (χ2n) is 7.36. The summed E-state index contributed by atoms with van der Waals surface area (Å²) in [7, 11) is 0. The molecule has 0 saturated heterocycles. The van der Waals surface area contributed by atoms with Gasteiger partial charge in [0, 0.05) is 11.0 Å². The Hall–Kier alpha value is -2.13. The van der Waals surface area contributed by atoms with E-state index in [1.54, 1.807) is 0 Å². The first-order chi connectivity index (χ1) is 10.9. The van der Waals surface area contributed by atoms with Crippen LogP contribution in [0, 0.1) is 0 Å². The van der Waals surface area contributed by atoms with Crippen LogP contribution in [0.4, 0.5) is 5.95 Å². The minimum atomic E-state index is -0.0549. The third kappa shape index (κ3) is 2.63. The van der Waals surface area contributed by atoms with E-state index in [1.165, 1.54) is 21.9 Å². The zero-order valence-corrected chi connectivity index (χ0v) is 15.1. The van der Waals surface area contributed by atoms with Crippen molar-refractivity contribution in [2.75, 3.05) is 5.73 Å². The lowest BCUT2D eigenvalue weighted by molar-refractivity contribution is 0.568. The van der Waals surface area contributed by atoms with E-state index < -0.39 is 0 Å². The number of nitrogens with zero attached hydrogens (tertiary/aromatic N) is 2. The molecule has 1 aromatic heterocycles. The molecule has 4 rings (SSSR count). The van der Waals surface area contributed by atoms with Crippen LogP contribution in [0.5, 0.6) is 0 Å². The van der Waals surface area contributed by atoms with Crippen LogP contribution < -0.4 is 5.73 Å². The molecule has 3 nitrogen and oxygen atoms in total. The zero-order valence-electron chi connectivity index (χ0n) is 14.3. The molecule has 3 aromatic rings. The van der Waals surface area contributed by atoms with Crippen molar-refractivity contribution >= 4 is 29.1 Å². The molecule has 2 aromatic carbocycles. The minimum Gasteiger partial charge on any atom is -0.368 e. The van der Waals surface area contributed by atoms with E-state index in [4.69, 9.17) is 5.73 Å². The number of hydrogen-bond donors (Lipinski definition) is 1. The zero-order chi connectivity index (χ0) is 16.2. The summed E-state index contributed by atoms with van der Waals surface area (Å²) < 4.78 is 0. The fourth-order valence-corrected chi connectivity index (χ4v) is 3.46. The Balaban J connectivity index is 0.00000169. The van der Waals surface area contributed by atoms with Crippen LogP contribution in [-0.2, 0) is 18.3 Å². The van der Waals surface area contributed by atoms with Crippen molar-refractivity contribution < 1.29 is 0 Å². The lowest BCUT2D eigenvalue weighted by atomic mass is 9.90. The van der Waals surface area contributed by atoms with Gasteiger partial charge in [0.05, 0.1) is 11.4 Å². The van der Waals surface area contributed by atoms with E-state index in [0.29, 0.717) is 5.95 Å². The molecular weight excluding hydrogens is 318 g/mol. The van der Waals surface area contributed by atoms with E-state index in [2.05, 4.69) is 67.1 Å². The Kier molecular flexibility index (Phi) is 4.00. The van der Waals surface area contributed by atoms with Gasteiger partial charge >= 0.3 is 0 Å². The highest BCUT2D eigenvalue weighted by Crippen LogP contribution is 2.37. The van der Waals surface area contributed by atoms with E-state index >= 15 is 0 Å². The van der Waals surface area contributed by atoms with Crippen molar-refractivity contribution in [3.63, 3.8) is 0 Å². The highest BCUT2D eigenvalue weighted by atomic mass is 35.5. The standard InChI is InChI=1S/C20H21N3.ClH/c1-20(2,3)17-11-16(22-19(21)23-17)14-10-9-13-8-7-12-5-4-6-15(14)18(12)13;/h4-6,9-11H,7-8H2,1-3H3,(H2,21,22,23);1H. The average molecular weight is 340 g/mol. The predicted octanol–water partition coefficient (Wildman–Crippen LogP) is 4.70. The van der Waals surface area contributed by atoms with Crippen LogP contribution >= 0.6 is 12.4 Å². The van der Waals surface area contributed by atoms with E-state index in [0.717, 1.165) is 29.8 Å². The third-order valence-corrected chi connectivity index (χ3v) is 4.66. The molecule has 124 valence electrons. The normalized spacial score (nSPS) is 13.1. The maximum atomic E-state index is 5.99. The van der Waals surface area contributed by atoms with Crippen LogP contribution in [0.25, 0.3) is 22.0 Å². The molecule has 1 heterocycles. The van der Waals surface area contributed by atoms with E-state index in [-0.39, 0.29) is 17.8 Å². The Morgan fingerprint density at radius 3 is 2.38 bits per heavy atom. The van der Waals surface area contributed by atoms with Crippen molar-refractivity contribution in [3.8, 4) is 11.3 Å². The molecule has 2 N–H and O–H groups in total. The van der Waals surface area contributed by atoms with Crippen molar-refractivity contribution in [3.05, 3.63) is 53.2 Å². The Morgan fingerprint density at radius 2 is 1.67 bits per heavy atom. The minimum absolute atomic E-state index is 0. The first kappa shape index (κ1) is 16.7. The summed E-state index contributed by atoms with van der Waals surface area (Å²) >= 11 is 0. The first-order valence-corrected chi connectivity index (χ1v) is 8.12. The van der Waals surface area contributed by atoms with Gasteiger partial charge in [-0.25, -0.2) is 9.97 Å². The van der Waals surface area contributed by atoms with E-state index in [1.807, 2.05) is 0 Å². The number of nitrogens with two attached hydrogens (primary N) is 1. The summed E-state index contributed by atoms with van der Waals surface area (Å²) in [6.07, 6.45) is 2.27. The van der Waals surface area contributed by atoms with Crippen molar-refractivity contribution in [2.24, 2.45) is 0 Å². The van der Waals surface area contributed by atoms with Crippen molar-refractivity contribution in [1.29, 1.82) is 0 Å². The summed E-state index contributed by atoms with van der Waals surface area (Å²) in [6, 6.07) is 13.1. The van der Waals surface area contributed by atoms with Gasteiger partial charge in [0.25, 0.3) is 0 Å². The Labute approximate surface area is 148 Å². The van der Waals surface area contributed by atoms with Crippen LogP contribution in [0.2, 0.25) is 0 Å². The van der Waals surface area contributed by atoms with Crippen LogP contribution in [0.1, 0.15) is 37.6 Å². The van der Waals surface area contributed by atoms with Crippen LogP contribution in [0.3, 0.4) is 0 Å². The number of aromatic nitrogens is 2. The molecule has 0 bridgehead atoms. The first-order valence-electron chi connectivity index (χ1n) is 8.12. The van der Waals surface area contributed by atoms with E-state index in [9.17, 15) is 0 Å². The molecule has 4 heteroatoms. The molecular formula is C20H22ClN3. The van der Waals surface area contributed by atoms with Gasteiger partial charge < -0.3 is 5.73 Å². The molecule has 0 radical (unpaired) electrons. The maximum absolute atomic E-state index is 5.99. The maximum Gasteiger partial charge on any atom is 0.220 e. The van der Waals surface area contributed by atoms with Gasteiger partial charge in [-0.1, -0.05) is 51.1 Å². The number of halogens is 1. The van der Waals surface area contributed by atoms with Gasteiger partial charge in [-0.05, 0) is 40.8 Å². The van der Waals surface area contributed by atoms with Gasteiger partial charge in [0.1, 0.15) is 0 Å². The fraction of sp³-hybridized carbons (Fsp3) is 0.300. The SMILES string of the molecule is CC(C)(C)c1cc(-c2ccc3c4c(cccc24)CC3)nc(N)n1.Cl. The van der Waals surface area contributed by atoms with Crippen LogP contribution in [0.15, 0.2) is 36.4 Å². The Bertz CT molecular complexity index is 916. The summed E-state index contributed by atoms with van der Waals surface area (Å²) in [5.74, 6) is 0.343. The van der Waals surface area contributed by atoms with Gasteiger partial charge in [-0.15, -0.1) is 12.4 Å².